The largest absolute Gasteiger partial charge is 0.343 e. The van der Waals surface area contributed by atoms with E-state index in [0.717, 1.165) is 6.54 Å². The quantitative estimate of drug-likeness (QED) is 0.667. The lowest BCUT2D eigenvalue weighted by molar-refractivity contribution is 0.538. The molecule has 0 atom stereocenters. The van der Waals surface area contributed by atoms with Crippen molar-refractivity contribution in [2.45, 2.75) is 25.7 Å². The zero-order valence-electron chi connectivity index (χ0n) is 10.5. The van der Waals surface area contributed by atoms with Crippen LogP contribution in [-0.2, 0) is 0 Å². The van der Waals surface area contributed by atoms with Gasteiger partial charge in [0.15, 0.2) is 0 Å². The summed E-state index contributed by atoms with van der Waals surface area (Å²) in [5.74, 6) is 0. The van der Waals surface area contributed by atoms with Crippen molar-refractivity contribution >= 4 is 12.3 Å². The number of benzene rings is 1. The third kappa shape index (κ3) is 1.47. The molecule has 1 aromatic carbocycles. The molecule has 1 heteroatoms. The van der Waals surface area contributed by atoms with Gasteiger partial charge in [-0.3, -0.25) is 0 Å². The molecule has 0 amide bonds. The molecule has 1 aliphatic carbocycles. The normalized spacial score (nSPS) is 21.1. The molecule has 1 saturated carbocycles. The van der Waals surface area contributed by atoms with Gasteiger partial charge in [-0.1, -0.05) is 30.3 Å². The van der Waals surface area contributed by atoms with Crippen LogP contribution in [0.1, 0.15) is 25.7 Å². The molecule has 2 heterocycles. The molecule has 0 bridgehead atoms. The van der Waals surface area contributed by atoms with Gasteiger partial charge in [-0.15, -0.1) is 0 Å². The minimum atomic E-state index is 1.04. The fourth-order valence-corrected chi connectivity index (χ4v) is 3.29. The number of fused-ring (bicyclic) bond motifs is 3. The first-order valence-corrected chi connectivity index (χ1v) is 6.90. The van der Waals surface area contributed by atoms with Gasteiger partial charge in [0.05, 0.1) is 0 Å². The summed E-state index contributed by atoms with van der Waals surface area (Å²) >= 11 is 0. The van der Waals surface area contributed by atoms with Crippen LogP contribution in [0.3, 0.4) is 0 Å². The van der Waals surface area contributed by atoms with Crippen LogP contribution in [0.4, 0.5) is 0 Å². The van der Waals surface area contributed by atoms with E-state index in [-0.39, 0.29) is 0 Å². The van der Waals surface area contributed by atoms with Gasteiger partial charge in [-0.25, -0.2) is 0 Å². The predicted molar refractivity (Wildman–Crippen MR) is 74.9 cm³/mol. The van der Waals surface area contributed by atoms with Crippen molar-refractivity contribution in [1.82, 2.24) is 4.90 Å². The van der Waals surface area contributed by atoms with Crippen molar-refractivity contribution in [2.24, 2.45) is 0 Å². The molecule has 1 fully saturated rings. The number of hydrogen-bond donors (Lipinski definition) is 0. The maximum Gasteiger partial charge on any atom is 0.0450 e. The van der Waals surface area contributed by atoms with Crippen molar-refractivity contribution in [3.8, 4) is 0 Å². The molecule has 0 radical (unpaired) electrons. The van der Waals surface area contributed by atoms with E-state index in [9.17, 15) is 0 Å². The lowest BCUT2D eigenvalue weighted by atomic mass is 9.85. The maximum absolute atomic E-state index is 2.43. The summed E-state index contributed by atoms with van der Waals surface area (Å²) in [6.45, 7) is 1.04. The van der Waals surface area contributed by atoms with Crippen molar-refractivity contribution in [1.29, 1.82) is 0 Å². The molecule has 0 saturated heterocycles. The summed E-state index contributed by atoms with van der Waals surface area (Å²) in [6, 6.07) is 8.67. The highest BCUT2D eigenvalue weighted by atomic mass is 15.1. The third-order valence-electron chi connectivity index (χ3n) is 4.25. The van der Waals surface area contributed by atoms with Gasteiger partial charge in [-0.05, 0) is 53.3 Å². The highest BCUT2D eigenvalue weighted by Crippen LogP contribution is 2.35. The smallest absolute Gasteiger partial charge is 0.0450 e. The zero-order valence-corrected chi connectivity index (χ0v) is 10.5. The van der Waals surface area contributed by atoms with E-state index in [4.69, 9.17) is 0 Å². The monoisotopic (exact) mass is 235 g/mol. The van der Waals surface area contributed by atoms with Crippen LogP contribution in [0.15, 0.2) is 47.2 Å². The minimum Gasteiger partial charge on any atom is -0.343 e. The van der Waals surface area contributed by atoms with Crippen LogP contribution >= 0.6 is 0 Å². The Labute approximate surface area is 107 Å². The second kappa shape index (κ2) is 3.88. The van der Waals surface area contributed by atoms with Gasteiger partial charge in [0.2, 0.25) is 0 Å². The molecule has 90 valence electrons. The number of rotatable bonds is 0. The van der Waals surface area contributed by atoms with Crippen molar-refractivity contribution in [3.63, 3.8) is 0 Å². The molecular weight excluding hydrogens is 218 g/mol. The molecular formula is C17H17N. The standard InChI is InChI=1S/C17H17N/c1-2-7-15-12-18-10-9-13-5-3-4-8-16(13)17(18)11-14(15)6-1/h1-2,6-7,9,11-12H,3-5,8,10H2. The third-order valence-corrected chi connectivity index (χ3v) is 4.25. The van der Waals surface area contributed by atoms with Crippen LogP contribution in [0, 0.1) is 0 Å². The van der Waals surface area contributed by atoms with Crippen molar-refractivity contribution < 1.29 is 0 Å². The molecule has 0 spiro atoms. The van der Waals surface area contributed by atoms with Crippen LogP contribution < -0.4 is 10.4 Å². The molecule has 3 aliphatic rings. The highest BCUT2D eigenvalue weighted by Gasteiger charge is 2.22. The Morgan fingerprint density at radius 2 is 1.78 bits per heavy atom. The first-order valence-electron chi connectivity index (χ1n) is 6.90. The van der Waals surface area contributed by atoms with Gasteiger partial charge < -0.3 is 4.90 Å². The maximum atomic E-state index is 2.43. The molecule has 0 unspecified atom stereocenters. The van der Waals surface area contributed by atoms with E-state index in [2.05, 4.69) is 47.5 Å². The minimum absolute atomic E-state index is 1.04. The molecule has 4 rings (SSSR count). The highest BCUT2D eigenvalue weighted by molar-refractivity contribution is 5.61. The van der Waals surface area contributed by atoms with Crippen LogP contribution in [0.25, 0.3) is 12.3 Å². The Bertz CT molecular complexity index is 676. The van der Waals surface area contributed by atoms with E-state index in [0.29, 0.717) is 0 Å². The SMILES string of the molecule is C1=C2CCCCC2=C2C=c3ccccc3=CN2C1. The van der Waals surface area contributed by atoms with E-state index in [1.807, 2.05) is 0 Å². The summed E-state index contributed by atoms with van der Waals surface area (Å²) in [6.07, 6.45) is 12.4. The number of allylic oxidation sites excluding steroid dienone is 3. The first kappa shape index (κ1) is 10.2. The predicted octanol–water partition coefficient (Wildman–Crippen LogP) is 2.29. The fourth-order valence-electron chi connectivity index (χ4n) is 3.29. The topological polar surface area (TPSA) is 3.24 Å². The van der Waals surface area contributed by atoms with Crippen LogP contribution in [-0.4, -0.2) is 11.4 Å². The second-order valence-electron chi connectivity index (χ2n) is 5.35. The number of hydrogen-bond acceptors (Lipinski definition) is 1. The van der Waals surface area contributed by atoms with Gasteiger partial charge in [0.1, 0.15) is 0 Å². The van der Waals surface area contributed by atoms with E-state index in [1.54, 1.807) is 11.1 Å². The lowest BCUT2D eigenvalue weighted by Gasteiger charge is -2.33. The van der Waals surface area contributed by atoms with Crippen LogP contribution in [0.2, 0.25) is 0 Å². The Kier molecular flexibility index (Phi) is 2.19. The summed E-state index contributed by atoms with van der Waals surface area (Å²) in [5, 5.41) is 2.71. The summed E-state index contributed by atoms with van der Waals surface area (Å²) in [4.78, 5) is 2.41. The Morgan fingerprint density at radius 3 is 2.72 bits per heavy atom. The first-order chi connectivity index (χ1) is 8.92. The Hall–Kier alpha value is -1.76. The second-order valence-corrected chi connectivity index (χ2v) is 5.35. The van der Waals surface area contributed by atoms with E-state index >= 15 is 0 Å². The van der Waals surface area contributed by atoms with E-state index < -0.39 is 0 Å². The van der Waals surface area contributed by atoms with Gasteiger partial charge in [0.25, 0.3) is 0 Å². The molecule has 0 aromatic heterocycles. The molecule has 1 aromatic rings. The van der Waals surface area contributed by atoms with Crippen LogP contribution in [0.5, 0.6) is 0 Å². The van der Waals surface area contributed by atoms with Gasteiger partial charge in [0, 0.05) is 18.4 Å². The summed E-state index contributed by atoms with van der Waals surface area (Å²) in [7, 11) is 0. The average Bonchev–Trinajstić information content (AvgIpc) is 2.45. The van der Waals surface area contributed by atoms with E-state index in [1.165, 1.54) is 41.8 Å². The zero-order chi connectivity index (χ0) is 11.9. The fraction of sp³-hybridized carbons (Fsp3) is 0.294. The van der Waals surface area contributed by atoms with Gasteiger partial charge in [-0.2, -0.15) is 0 Å². The number of nitrogens with zero attached hydrogens (tertiary/aromatic N) is 1. The van der Waals surface area contributed by atoms with Crippen molar-refractivity contribution in [3.05, 3.63) is 57.6 Å². The Morgan fingerprint density at radius 1 is 0.944 bits per heavy atom. The molecule has 0 N–H and O–H groups in total. The lowest BCUT2D eigenvalue weighted by Crippen LogP contribution is -2.36. The average molecular weight is 235 g/mol. The molecule has 1 nitrogen and oxygen atoms in total. The summed E-state index contributed by atoms with van der Waals surface area (Å²) in [5.41, 5.74) is 4.65. The molecule has 2 aliphatic heterocycles. The van der Waals surface area contributed by atoms with Crippen molar-refractivity contribution in [2.75, 3.05) is 6.54 Å². The van der Waals surface area contributed by atoms with Gasteiger partial charge >= 0.3 is 0 Å². The Balaban J connectivity index is 1.95. The molecule has 18 heavy (non-hydrogen) atoms. The summed E-state index contributed by atoms with van der Waals surface area (Å²) < 4.78 is 0.